The first-order valence-electron chi connectivity index (χ1n) is 32.6. The Morgan fingerprint density at radius 3 is 0.882 bits per heavy atom. The van der Waals surface area contributed by atoms with E-state index in [-0.39, 0.29) is 37.5 Å². The van der Waals surface area contributed by atoms with Gasteiger partial charge < -0.3 is 14.2 Å². The Balaban J connectivity index is 4.24. The Bertz CT molecular complexity index is 1450. The number of hydrogen-bond acceptors (Lipinski definition) is 6. The van der Waals surface area contributed by atoms with E-state index in [0.717, 1.165) is 103 Å². The molecule has 0 bridgehead atoms. The van der Waals surface area contributed by atoms with Crippen molar-refractivity contribution in [1.29, 1.82) is 0 Å². The minimum absolute atomic E-state index is 0.0961. The van der Waals surface area contributed by atoms with Crippen LogP contribution in [0.5, 0.6) is 0 Å². The Morgan fingerprint density at radius 2 is 0.526 bits per heavy atom. The molecule has 76 heavy (non-hydrogen) atoms. The van der Waals surface area contributed by atoms with E-state index in [4.69, 9.17) is 14.2 Å². The Labute approximate surface area is 471 Å². The second-order valence-electron chi connectivity index (χ2n) is 21.6. The van der Waals surface area contributed by atoms with Crippen molar-refractivity contribution in [3.05, 3.63) is 85.1 Å². The SMILES string of the molecule is CC/C=C\C/C=C\C/C=C\C/C=C\CCCCC(=O)OC(COC(=O)CCCCCCC/C=C\C/C=C\CCCC)COC(=O)CCCCCCCCCCCCCCCCCCC/C=C\CCCCCCCCCC. The van der Waals surface area contributed by atoms with Gasteiger partial charge in [0.15, 0.2) is 6.10 Å². The molecule has 6 heteroatoms. The van der Waals surface area contributed by atoms with E-state index in [1.807, 2.05) is 0 Å². The second-order valence-corrected chi connectivity index (χ2v) is 21.6. The fourth-order valence-corrected chi connectivity index (χ4v) is 9.21. The van der Waals surface area contributed by atoms with Crippen LogP contribution in [0.1, 0.15) is 323 Å². The zero-order valence-corrected chi connectivity index (χ0v) is 50.3. The fourth-order valence-electron chi connectivity index (χ4n) is 9.21. The van der Waals surface area contributed by atoms with Crippen LogP contribution in [-0.2, 0) is 28.6 Å². The van der Waals surface area contributed by atoms with Crippen LogP contribution < -0.4 is 0 Å². The van der Waals surface area contributed by atoms with Crippen LogP contribution in [0.25, 0.3) is 0 Å². The van der Waals surface area contributed by atoms with Crippen molar-refractivity contribution >= 4 is 17.9 Å². The lowest BCUT2D eigenvalue weighted by Gasteiger charge is -2.18. The van der Waals surface area contributed by atoms with Gasteiger partial charge >= 0.3 is 17.9 Å². The summed E-state index contributed by atoms with van der Waals surface area (Å²) in [5.74, 6) is -0.942. The molecule has 0 aromatic rings. The minimum Gasteiger partial charge on any atom is -0.462 e. The van der Waals surface area contributed by atoms with Crippen LogP contribution in [0.15, 0.2) is 85.1 Å². The van der Waals surface area contributed by atoms with E-state index < -0.39 is 6.10 Å². The largest absolute Gasteiger partial charge is 0.462 e. The van der Waals surface area contributed by atoms with Gasteiger partial charge in [-0.25, -0.2) is 0 Å². The van der Waals surface area contributed by atoms with E-state index in [1.165, 1.54) is 173 Å². The summed E-state index contributed by atoms with van der Waals surface area (Å²) in [4.78, 5) is 38.2. The predicted molar refractivity (Wildman–Crippen MR) is 330 cm³/mol. The minimum atomic E-state index is -0.804. The summed E-state index contributed by atoms with van der Waals surface area (Å²) in [6, 6.07) is 0. The molecular weight excluding hydrogens is 937 g/mol. The van der Waals surface area contributed by atoms with E-state index in [9.17, 15) is 14.4 Å². The molecule has 0 rings (SSSR count). The average Bonchev–Trinajstić information content (AvgIpc) is 3.42. The molecule has 1 unspecified atom stereocenters. The molecule has 0 spiro atoms. The van der Waals surface area contributed by atoms with Crippen LogP contribution >= 0.6 is 0 Å². The number of ether oxygens (including phenoxy) is 3. The number of carbonyl (C=O) groups excluding carboxylic acids is 3. The maximum Gasteiger partial charge on any atom is 0.306 e. The molecule has 1 atom stereocenters. The number of carbonyl (C=O) groups is 3. The summed E-state index contributed by atoms with van der Waals surface area (Å²) in [5, 5.41) is 0. The average molecular weight is 1060 g/mol. The molecule has 0 radical (unpaired) electrons. The zero-order valence-electron chi connectivity index (χ0n) is 50.3. The lowest BCUT2D eigenvalue weighted by molar-refractivity contribution is -0.167. The molecule has 0 amide bonds. The van der Waals surface area contributed by atoms with E-state index in [1.54, 1.807) is 0 Å². The standard InChI is InChI=1S/C70H122O6/c1-4-7-10-13-16-19-22-25-28-29-30-31-32-33-34-35-36-37-38-39-40-41-43-45-48-51-54-57-60-63-69(72)75-66-67(65-74-68(71)62-59-56-53-50-47-44-27-24-21-18-15-12-9-6-3)76-70(73)64-61-58-55-52-49-46-42-26-23-20-17-14-11-8-5-2/h8,11,15,17-18,20,24,26-27,29-30,42,49,52,67H,4-7,9-10,12-14,16,19,21-23,25,28,31-41,43-48,50-51,53-66H2,1-3H3/b11-8-,18-15-,20-17-,27-24-,30-29-,42-26-,52-49-. The molecule has 0 heterocycles. The summed E-state index contributed by atoms with van der Waals surface area (Å²) in [6.07, 6.45) is 84.7. The number of rotatable bonds is 59. The van der Waals surface area contributed by atoms with Crippen LogP contribution in [-0.4, -0.2) is 37.2 Å². The third-order valence-electron chi connectivity index (χ3n) is 14.1. The van der Waals surface area contributed by atoms with Gasteiger partial charge in [0.1, 0.15) is 13.2 Å². The number of hydrogen-bond donors (Lipinski definition) is 0. The Kier molecular flexibility index (Phi) is 61.2. The summed E-state index contributed by atoms with van der Waals surface area (Å²) >= 11 is 0. The third kappa shape index (κ3) is 61.4. The molecule has 0 saturated carbocycles. The molecule has 0 aliphatic rings. The highest BCUT2D eigenvalue weighted by Crippen LogP contribution is 2.17. The molecule has 0 aliphatic carbocycles. The van der Waals surface area contributed by atoms with Gasteiger partial charge in [0.05, 0.1) is 0 Å². The molecule has 0 fully saturated rings. The smallest absolute Gasteiger partial charge is 0.306 e. The lowest BCUT2D eigenvalue weighted by atomic mass is 10.0. The molecule has 0 saturated heterocycles. The van der Waals surface area contributed by atoms with Crippen molar-refractivity contribution in [3.8, 4) is 0 Å². The van der Waals surface area contributed by atoms with Gasteiger partial charge in [0, 0.05) is 19.3 Å². The first-order chi connectivity index (χ1) is 37.5. The maximum absolute atomic E-state index is 12.9. The fraction of sp³-hybridized carbons (Fsp3) is 0.757. The van der Waals surface area contributed by atoms with Crippen molar-refractivity contribution in [2.75, 3.05) is 13.2 Å². The second kappa shape index (κ2) is 64.1. The van der Waals surface area contributed by atoms with Gasteiger partial charge in [-0.3, -0.25) is 14.4 Å². The van der Waals surface area contributed by atoms with E-state index in [0.29, 0.717) is 19.3 Å². The quantitative estimate of drug-likeness (QED) is 0.0261. The highest BCUT2D eigenvalue weighted by atomic mass is 16.6. The molecule has 0 N–H and O–H groups in total. The molecule has 438 valence electrons. The molecule has 0 aromatic carbocycles. The molecule has 6 nitrogen and oxygen atoms in total. The normalized spacial score (nSPS) is 12.6. The van der Waals surface area contributed by atoms with E-state index >= 15 is 0 Å². The summed E-state index contributed by atoms with van der Waals surface area (Å²) in [6.45, 7) is 6.47. The Hall–Kier alpha value is -3.41. The summed E-state index contributed by atoms with van der Waals surface area (Å²) < 4.78 is 16.9. The third-order valence-corrected chi connectivity index (χ3v) is 14.1. The van der Waals surface area contributed by atoms with Crippen molar-refractivity contribution in [3.63, 3.8) is 0 Å². The van der Waals surface area contributed by atoms with Gasteiger partial charge in [-0.1, -0.05) is 279 Å². The molecule has 0 aromatic heterocycles. The first-order valence-corrected chi connectivity index (χ1v) is 32.6. The highest BCUT2D eigenvalue weighted by molar-refractivity contribution is 5.71. The van der Waals surface area contributed by atoms with Gasteiger partial charge in [-0.15, -0.1) is 0 Å². The van der Waals surface area contributed by atoms with E-state index in [2.05, 4.69) is 106 Å². The zero-order chi connectivity index (χ0) is 55.0. The van der Waals surface area contributed by atoms with Gasteiger partial charge in [-0.2, -0.15) is 0 Å². The summed E-state index contributed by atoms with van der Waals surface area (Å²) in [7, 11) is 0. The number of esters is 3. The first kappa shape index (κ1) is 72.6. The van der Waals surface area contributed by atoms with Gasteiger partial charge in [0.25, 0.3) is 0 Å². The van der Waals surface area contributed by atoms with Crippen molar-refractivity contribution in [2.45, 2.75) is 329 Å². The van der Waals surface area contributed by atoms with Crippen LogP contribution in [0, 0.1) is 0 Å². The Morgan fingerprint density at radius 1 is 0.276 bits per heavy atom. The highest BCUT2D eigenvalue weighted by Gasteiger charge is 2.19. The predicted octanol–water partition coefficient (Wildman–Crippen LogP) is 22.3. The maximum atomic E-state index is 12.9. The monoisotopic (exact) mass is 1060 g/mol. The van der Waals surface area contributed by atoms with Gasteiger partial charge in [-0.05, 0) is 109 Å². The van der Waals surface area contributed by atoms with Crippen LogP contribution in [0.3, 0.4) is 0 Å². The number of unbranched alkanes of at least 4 members (excludes halogenated alkanes) is 34. The topological polar surface area (TPSA) is 78.9 Å². The molecule has 0 aliphatic heterocycles. The van der Waals surface area contributed by atoms with Gasteiger partial charge in [0.2, 0.25) is 0 Å². The summed E-state index contributed by atoms with van der Waals surface area (Å²) in [5.41, 5.74) is 0. The van der Waals surface area contributed by atoms with Crippen molar-refractivity contribution < 1.29 is 28.6 Å². The lowest BCUT2D eigenvalue weighted by Crippen LogP contribution is -2.30. The van der Waals surface area contributed by atoms with Crippen LogP contribution in [0.2, 0.25) is 0 Å². The number of allylic oxidation sites excluding steroid dienone is 14. The van der Waals surface area contributed by atoms with Crippen molar-refractivity contribution in [1.82, 2.24) is 0 Å². The molecular formula is C70H122O6. The van der Waals surface area contributed by atoms with Crippen LogP contribution in [0.4, 0.5) is 0 Å². The van der Waals surface area contributed by atoms with Crippen molar-refractivity contribution in [2.24, 2.45) is 0 Å².